The lowest BCUT2D eigenvalue weighted by Crippen LogP contribution is -2.39. The Hall–Kier alpha value is -2.44. The molecule has 1 aliphatic carbocycles. The average Bonchev–Trinajstić information content (AvgIpc) is 3.09. The van der Waals surface area contributed by atoms with E-state index in [1.54, 1.807) is 12.4 Å². The topological polar surface area (TPSA) is 89.9 Å². The molecule has 1 aliphatic heterocycles. The van der Waals surface area contributed by atoms with Gasteiger partial charge in [0.1, 0.15) is 0 Å². The van der Waals surface area contributed by atoms with Gasteiger partial charge in [-0.15, -0.1) is 0 Å². The Morgan fingerprint density at radius 3 is 2.78 bits per heavy atom. The Kier molecular flexibility index (Phi) is 5.09. The van der Waals surface area contributed by atoms with Crippen molar-refractivity contribution in [2.24, 2.45) is 0 Å². The molecule has 1 unspecified atom stereocenters. The van der Waals surface area contributed by atoms with E-state index < -0.39 is 0 Å². The molecule has 4 rings (SSSR count). The lowest BCUT2D eigenvalue weighted by molar-refractivity contribution is 0.0705. The number of likely N-dealkylation sites (tertiary alicyclic amines) is 1. The molecule has 2 aromatic heterocycles. The molecule has 7 heteroatoms. The molecule has 0 radical (unpaired) electrons. The first-order chi connectivity index (χ1) is 13.1. The second kappa shape index (κ2) is 7.66. The highest BCUT2D eigenvalue weighted by molar-refractivity contribution is 5.95. The number of hydrogen-bond donors (Lipinski definition) is 1. The summed E-state index contributed by atoms with van der Waals surface area (Å²) < 4.78 is 2.08. The van der Waals surface area contributed by atoms with Crippen LogP contribution >= 0.6 is 0 Å². The Labute approximate surface area is 160 Å². The van der Waals surface area contributed by atoms with Crippen LogP contribution in [0.1, 0.15) is 78.7 Å². The molecule has 1 saturated carbocycles. The largest absolute Gasteiger partial charge is 0.368 e. The van der Waals surface area contributed by atoms with Gasteiger partial charge in [-0.3, -0.25) is 9.48 Å². The number of aromatic nitrogens is 4. The summed E-state index contributed by atoms with van der Waals surface area (Å²) in [7, 11) is 0. The zero-order valence-electron chi connectivity index (χ0n) is 16.0. The Morgan fingerprint density at radius 2 is 2.00 bits per heavy atom. The van der Waals surface area contributed by atoms with Crippen LogP contribution in [-0.4, -0.2) is 43.6 Å². The molecule has 3 heterocycles. The molecular formula is C20H28N6O. The maximum Gasteiger partial charge on any atom is 0.257 e. The Bertz CT molecular complexity index is 811. The molecule has 144 valence electrons. The van der Waals surface area contributed by atoms with E-state index >= 15 is 0 Å². The fraction of sp³-hybridized carbons (Fsp3) is 0.600. The van der Waals surface area contributed by atoms with Gasteiger partial charge in [-0.2, -0.15) is 5.10 Å². The van der Waals surface area contributed by atoms with Crippen molar-refractivity contribution in [1.82, 2.24) is 24.6 Å². The summed E-state index contributed by atoms with van der Waals surface area (Å²) in [5.74, 6) is 0.587. The predicted molar refractivity (Wildman–Crippen MR) is 103 cm³/mol. The summed E-state index contributed by atoms with van der Waals surface area (Å²) in [5.41, 5.74) is 8.40. The minimum absolute atomic E-state index is 0.0845. The second-order valence-electron chi connectivity index (χ2n) is 7.81. The van der Waals surface area contributed by atoms with Gasteiger partial charge in [0.05, 0.1) is 23.5 Å². The molecule has 2 aliphatic rings. The maximum atomic E-state index is 13.2. The highest BCUT2D eigenvalue weighted by atomic mass is 16.2. The van der Waals surface area contributed by atoms with Crippen molar-refractivity contribution in [3.8, 4) is 0 Å². The molecule has 2 fully saturated rings. The fourth-order valence-corrected chi connectivity index (χ4v) is 4.52. The van der Waals surface area contributed by atoms with Crippen LogP contribution in [0.2, 0.25) is 0 Å². The molecule has 2 N–H and O–H groups in total. The summed E-state index contributed by atoms with van der Waals surface area (Å²) in [4.78, 5) is 23.5. The quantitative estimate of drug-likeness (QED) is 0.899. The van der Waals surface area contributed by atoms with Crippen LogP contribution in [0.25, 0.3) is 0 Å². The highest BCUT2D eigenvalue weighted by Crippen LogP contribution is 2.31. The van der Waals surface area contributed by atoms with Gasteiger partial charge in [0, 0.05) is 30.9 Å². The van der Waals surface area contributed by atoms with Crippen molar-refractivity contribution in [3.63, 3.8) is 0 Å². The zero-order valence-corrected chi connectivity index (χ0v) is 16.0. The molecule has 1 atom stereocenters. The van der Waals surface area contributed by atoms with E-state index in [0.29, 0.717) is 18.5 Å². The lowest BCUT2D eigenvalue weighted by atomic mass is 9.94. The normalized spacial score (nSPS) is 21.4. The van der Waals surface area contributed by atoms with Gasteiger partial charge < -0.3 is 10.6 Å². The van der Waals surface area contributed by atoms with E-state index in [1.807, 2.05) is 17.9 Å². The molecule has 2 aromatic rings. The summed E-state index contributed by atoms with van der Waals surface area (Å²) in [6.45, 7) is 3.48. The van der Waals surface area contributed by atoms with Crippen LogP contribution in [0.3, 0.4) is 0 Å². The number of piperidine rings is 1. The van der Waals surface area contributed by atoms with E-state index in [4.69, 9.17) is 5.73 Å². The van der Waals surface area contributed by atoms with Crippen LogP contribution in [0.5, 0.6) is 0 Å². The fourth-order valence-electron chi connectivity index (χ4n) is 4.52. The van der Waals surface area contributed by atoms with Gasteiger partial charge in [-0.25, -0.2) is 9.97 Å². The summed E-state index contributed by atoms with van der Waals surface area (Å²) in [5, 5.41) is 4.58. The third-order valence-corrected chi connectivity index (χ3v) is 6.02. The molecule has 0 bridgehead atoms. The minimum atomic E-state index is 0.0845. The number of hydrogen-bond acceptors (Lipinski definition) is 5. The number of nitrogens with two attached hydrogens (primary N) is 1. The number of rotatable bonds is 3. The first kappa shape index (κ1) is 17.9. The minimum Gasteiger partial charge on any atom is -0.368 e. The molecule has 1 saturated heterocycles. The van der Waals surface area contributed by atoms with E-state index in [-0.39, 0.29) is 11.8 Å². The van der Waals surface area contributed by atoms with Crippen molar-refractivity contribution in [1.29, 1.82) is 0 Å². The number of anilines is 1. The van der Waals surface area contributed by atoms with Crippen LogP contribution < -0.4 is 5.73 Å². The van der Waals surface area contributed by atoms with Gasteiger partial charge in [0.15, 0.2) is 0 Å². The van der Waals surface area contributed by atoms with Gasteiger partial charge in [0.2, 0.25) is 5.95 Å². The van der Waals surface area contributed by atoms with Crippen LogP contribution in [-0.2, 0) is 0 Å². The summed E-state index contributed by atoms with van der Waals surface area (Å²) in [6.07, 6.45) is 11.6. The van der Waals surface area contributed by atoms with E-state index in [9.17, 15) is 4.79 Å². The number of carbonyl (C=O) groups excluding carboxylic acids is 1. The van der Waals surface area contributed by atoms with Crippen molar-refractivity contribution >= 4 is 11.9 Å². The van der Waals surface area contributed by atoms with E-state index in [1.165, 1.54) is 19.3 Å². The van der Waals surface area contributed by atoms with Crippen molar-refractivity contribution in [2.45, 2.75) is 63.8 Å². The molecular weight excluding hydrogens is 340 g/mol. The summed E-state index contributed by atoms with van der Waals surface area (Å²) >= 11 is 0. The van der Waals surface area contributed by atoms with Gasteiger partial charge in [-0.1, -0.05) is 19.3 Å². The Morgan fingerprint density at radius 1 is 1.19 bits per heavy atom. The van der Waals surface area contributed by atoms with Gasteiger partial charge in [0.25, 0.3) is 5.91 Å². The zero-order chi connectivity index (χ0) is 18.8. The lowest BCUT2D eigenvalue weighted by Gasteiger charge is -2.32. The first-order valence-electron chi connectivity index (χ1n) is 10.1. The number of nitrogens with zero attached hydrogens (tertiary/aromatic N) is 5. The summed E-state index contributed by atoms with van der Waals surface area (Å²) in [6, 6.07) is 2.35. The van der Waals surface area contributed by atoms with E-state index in [2.05, 4.69) is 19.7 Å². The molecule has 1 amide bonds. The smallest absolute Gasteiger partial charge is 0.257 e. The van der Waals surface area contributed by atoms with Crippen molar-refractivity contribution < 1.29 is 4.79 Å². The molecule has 7 nitrogen and oxygen atoms in total. The third kappa shape index (κ3) is 3.68. The van der Waals surface area contributed by atoms with E-state index in [0.717, 1.165) is 49.2 Å². The predicted octanol–water partition coefficient (Wildman–Crippen LogP) is 3.09. The monoisotopic (exact) mass is 368 g/mol. The van der Waals surface area contributed by atoms with Crippen LogP contribution in [0, 0.1) is 6.92 Å². The van der Waals surface area contributed by atoms with Crippen molar-refractivity contribution in [3.05, 3.63) is 35.4 Å². The van der Waals surface area contributed by atoms with Crippen LogP contribution in [0.4, 0.5) is 5.95 Å². The van der Waals surface area contributed by atoms with Crippen LogP contribution in [0.15, 0.2) is 18.5 Å². The third-order valence-electron chi connectivity index (χ3n) is 6.02. The SMILES string of the molecule is Cc1c(C(=O)N2CCCC(c3ccnc(N)n3)C2)cnn1C1CCCCC1. The first-order valence-corrected chi connectivity index (χ1v) is 10.1. The van der Waals surface area contributed by atoms with Crippen molar-refractivity contribution in [2.75, 3.05) is 18.8 Å². The molecule has 0 spiro atoms. The highest BCUT2D eigenvalue weighted by Gasteiger charge is 2.29. The maximum absolute atomic E-state index is 13.2. The number of nitrogen functional groups attached to an aromatic ring is 1. The van der Waals surface area contributed by atoms with Gasteiger partial charge in [-0.05, 0) is 38.7 Å². The molecule has 0 aromatic carbocycles. The second-order valence-corrected chi connectivity index (χ2v) is 7.81. The number of carbonyl (C=O) groups is 1. The average molecular weight is 368 g/mol. The Balaban J connectivity index is 1.50. The standard InChI is InChI=1S/C20H28N6O/c1-14-17(12-23-26(14)16-7-3-2-4-8-16)19(27)25-11-5-6-15(13-25)18-9-10-22-20(21)24-18/h9-10,12,15-16H,2-8,11,13H2,1H3,(H2,21,22,24). The number of amides is 1. The molecule has 27 heavy (non-hydrogen) atoms. The van der Waals surface area contributed by atoms with Gasteiger partial charge >= 0.3 is 0 Å².